The molecule has 0 aliphatic carbocycles. The van der Waals surface area contributed by atoms with Crippen molar-refractivity contribution in [3.63, 3.8) is 0 Å². The lowest BCUT2D eigenvalue weighted by Crippen LogP contribution is -2.30. The molecule has 1 saturated heterocycles. The van der Waals surface area contributed by atoms with Gasteiger partial charge < -0.3 is 4.74 Å². The second kappa shape index (κ2) is 2.82. The molecule has 1 rings (SSSR count). The van der Waals surface area contributed by atoms with Crippen LogP contribution >= 0.6 is 0 Å². The van der Waals surface area contributed by atoms with Crippen LogP contribution in [-0.2, 0) is 4.74 Å². The monoisotopic (exact) mass is 150 g/mol. The highest BCUT2D eigenvalue weighted by Gasteiger charge is 2.34. The van der Waals surface area contributed by atoms with Crippen LogP contribution in [0.5, 0.6) is 0 Å². The number of rotatable bonds is 1. The van der Waals surface area contributed by atoms with Crippen molar-refractivity contribution in [3.05, 3.63) is 0 Å². The van der Waals surface area contributed by atoms with Crippen LogP contribution in [0.25, 0.3) is 0 Å². The van der Waals surface area contributed by atoms with Crippen molar-refractivity contribution >= 4 is 0 Å². The van der Waals surface area contributed by atoms with Crippen LogP contribution in [0.2, 0.25) is 0 Å². The highest BCUT2D eigenvalue weighted by Crippen LogP contribution is 2.31. The summed E-state index contributed by atoms with van der Waals surface area (Å²) >= 11 is 0. The summed E-state index contributed by atoms with van der Waals surface area (Å²) in [6.45, 7) is 1.98. The average molecular weight is 150 g/mol. The first-order valence-electron chi connectivity index (χ1n) is 3.56. The lowest BCUT2D eigenvalue weighted by molar-refractivity contribution is -0.0817. The van der Waals surface area contributed by atoms with Crippen molar-refractivity contribution in [1.29, 1.82) is 0 Å². The van der Waals surface area contributed by atoms with E-state index in [0.29, 0.717) is 26.1 Å². The number of ether oxygens (including phenoxy) is 1. The Hall–Kier alpha value is -0.180. The Kier molecular flexibility index (Phi) is 2.24. The Morgan fingerprint density at radius 1 is 1.30 bits per heavy atom. The summed E-state index contributed by atoms with van der Waals surface area (Å²) in [4.78, 5) is 0. The van der Waals surface area contributed by atoms with Crippen LogP contribution in [0.3, 0.4) is 0 Å². The van der Waals surface area contributed by atoms with E-state index in [4.69, 9.17) is 4.74 Å². The van der Waals surface area contributed by atoms with Crippen molar-refractivity contribution < 1.29 is 13.5 Å². The molecule has 0 radical (unpaired) electrons. The van der Waals surface area contributed by atoms with E-state index in [1.54, 1.807) is 0 Å². The van der Waals surface area contributed by atoms with E-state index < -0.39 is 11.8 Å². The highest BCUT2D eigenvalue weighted by atomic mass is 19.3. The molecule has 1 aliphatic rings. The standard InChI is InChI=1S/C7H12F2O/c1-7(8,9)6-2-4-10-5-3-6/h6H,2-5H2,1H3. The van der Waals surface area contributed by atoms with Gasteiger partial charge >= 0.3 is 0 Å². The van der Waals surface area contributed by atoms with Gasteiger partial charge in [-0.3, -0.25) is 0 Å². The van der Waals surface area contributed by atoms with Crippen molar-refractivity contribution in [2.24, 2.45) is 5.92 Å². The number of hydrogen-bond donors (Lipinski definition) is 0. The molecule has 1 aliphatic heterocycles. The maximum absolute atomic E-state index is 12.6. The van der Waals surface area contributed by atoms with E-state index in [1.165, 1.54) is 0 Å². The first kappa shape index (κ1) is 7.92. The maximum Gasteiger partial charge on any atom is 0.248 e. The van der Waals surface area contributed by atoms with E-state index in [9.17, 15) is 8.78 Å². The van der Waals surface area contributed by atoms with E-state index in [0.717, 1.165) is 6.92 Å². The minimum Gasteiger partial charge on any atom is -0.381 e. The van der Waals surface area contributed by atoms with Crippen LogP contribution in [-0.4, -0.2) is 19.1 Å². The van der Waals surface area contributed by atoms with Gasteiger partial charge in [0.1, 0.15) is 0 Å². The summed E-state index contributed by atoms with van der Waals surface area (Å²) in [7, 11) is 0. The number of hydrogen-bond acceptors (Lipinski definition) is 1. The topological polar surface area (TPSA) is 9.23 Å². The number of halogens is 2. The van der Waals surface area contributed by atoms with Gasteiger partial charge in [0.2, 0.25) is 5.92 Å². The first-order chi connectivity index (χ1) is 4.61. The van der Waals surface area contributed by atoms with Crippen LogP contribution < -0.4 is 0 Å². The first-order valence-corrected chi connectivity index (χ1v) is 3.56. The van der Waals surface area contributed by atoms with Gasteiger partial charge in [-0.1, -0.05) is 0 Å². The molecule has 0 amide bonds. The van der Waals surface area contributed by atoms with Gasteiger partial charge in [-0.25, -0.2) is 8.78 Å². The summed E-state index contributed by atoms with van der Waals surface area (Å²) in [5, 5.41) is 0. The fourth-order valence-electron chi connectivity index (χ4n) is 1.20. The van der Waals surface area contributed by atoms with Crippen molar-refractivity contribution in [1.82, 2.24) is 0 Å². The molecule has 1 heterocycles. The zero-order chi connectivity index (χ0) is 7.61. The van der Waals surface area contributed by atoms with Gasteiger partial charge in [-0.05, 0) is 19.8 Å². The Labute approximate surface area is 59.4 Å². The van der Waals surface area contributed by atoms with Crippen molar-refractivity contribution in [2.75, 3.05) is 13.2 Å². The molecular weight excluding hydrogens is 138 g/mol. The van der Waals surface area contributed by atoms with Gasteiger partial charge in [0.05, 0.1) is 0 Å². The molecule has 0 aromatic carbocycles. The molecule has 1 fully saturated rings. The van der Waals surface area contributed by atoms with E-state index in [-0.39, 0.29) is 0 Å². The third-order valence-electron chi connectivity index (χ3n) is 1.94. The van der Waals surface area contributed by atoms with E-state index in [2.05, 4.69) is 0 Å². The predicted octanol–water partition coefficient (Wildman–Crippen LogP) is 2.07. The molecule has 0 bridgehead atoms. The largest absolute Gasteiger partial charge is 0.381 e. The molecule has 0 spiro atoms. The second-order valence-corrected chi connectivity index (χ2v) is 2.84. The minimum atomic E-state index is -2.51. The Balaban J connectivity index is 2.39. The maximum atomic E-state index is 12.6. The van der Waals surface area contributed by atoms with Gasteiger partial charge in [0, 0.05) is 19.1 Å². The van der Waals surface area contributed by atoms with Gasteiger partial charge in [-0.2, -0.15) is 0 Å². The fraction of sp³-hybridized carbons (Fsp3) is 1.00. The summed E-state index contributed by atoms with van der Waals surface area (Å²) in [5.74, 6) is -2.97. The van der Waals surface area contributed by atoms with Gasteiger partial charge in [-0.15, -0.1) is 0 Å². The molecule has 1 nitrogen and oxygen atoms in total. The molecule has 60 valence electrons. The molecule has 10 heavy (non-hydrogen) atoms. The lowest BCUT2D eigenvalue weighted by atomic mass is 9.94. The molecule has 0 saturated carbocycles. The zero-order valence-corrected chi connectivity index (χ0v) is 6.07. The lowest BCUT2D eigenvalue weighted by Gasteiger charge is -2.26. The summed E-state index contributed by atoms with van der Waals surface area (Å²) in [6.07, 6.45) is 1.01. The van der Waals surface area contributed by atoms with E-state index >= 15 is 0 Å². The van der Waals surface area contributed by atoms with Gasteiger partial charge in [0.25, 0.3) is 0 Å². The van der Waals surface area contributed by atoms with Gasteiger partial charge in [0.15, 0.2) is 0 Å². The smallest absolute Gasteiger partial charge is 0.248 e. The Morgan fingerprint density at radius 2 is 1.80 bits per heavy atom. The highest BCUT2D eigenvalue weighted by molar-refractivity contribution is 4.74. The molecule has 3 heteroatoms. The summed E-state index contributed by atoms with van der Waals surface area (Å²) in [6, 6.07) is 0. The molecule has 0 unspecified atom stereocenters. The van der Waals surface area contributed by atoms with Crippen LogP contribution in [0.1, 0.15) is 19.8 Å². The fourth-order valence-corrected chi connectivity index (χ4v) is 1.20. The van der Waals surface area contributed by atoms with Crippen LogP contribution in [0, 0.1) is 5.92 Å². The van der Waals surface area contributed by atoms with Crippen molar-refractivity contribution in [2.45, 2.75) is 25.7 Å². The van der Waals surface area contributed by atoms with E-state index in [1.807, 2.05) is 0 Å². The quantitative estimate of drug-likeness (QED) is 0.556. The SMILES string of the molecule is CC(F)(F)C1CCOCC1. The summed E-state index contributed by atoms with van der Waals surface area (Å²) < 4.78 is 30.1. The van der Waals surface area contributed by atoms with Crippen LogP contribution in [0.4, 0.5) is 8.78 Å². The molecule has 0 N–H and O–H groups in total. The predicted molar refractivity (Wildman–Crippen MR) is 34.2 cm³/mol. The molecule has 0 atom stereocenters. The summed E-state index contributed by atoms with van der Waals surface area (Å²) in [5.41, 5.74) is 0. The third kappa shape index (κ3) is 1.90. The third-order valence-corrected chi connectivity index (χ3v) is 1.94. The van der Waals surface area contributed by atoms with Crippen LogP contribution in [0.15, 0.2) is 0 Å². The van der Waals surface area contributed by atoms with Crippen molar-refractivity contribution in [3.8, 4) is 0 Å². The molecular formula is C7H12F2O. The number of alkyl halides is 2. The average Bonchev–Trinajstić information content (AvgIpc) is 1.88. The zero-order valence-electron chi connectivity index (χ0n) is 6.07. The minimum absolute atomic E-state index is 0.457. The Morgan fingerprint density at radius 3 is 2.10 bits per heavy atom. The Bertz CT molecular complexity index is 103. The molecule has 0 aromatic heterocycles. The second-order valence-electron chi connectivity index (χ2n) is 2.84. The molecule has 0 aromatic rings. The normalized spacial score (nSPS) is 23.1.